The average Bonchev–Trinajstić information content (AvgIpc) is 2.46. The molecule has 0 bridgehead atoms. The molecule has 1 aliphatic heterocycles. The second kappa shape index (κ2) is 13.4. The van der Waals surface area contributed by atoms with Crippen LogP contribution in [0.4, 0.5) is 0 Å². The lowest BCUT2D eigenvalue weighted by atomic mass is 9.97. The lowest BCUT2D eigenvalue weighted by molar-refractivity contribution is 0.159. The third-order valence-electron chi connectivity index (χ3n) is 3.83. The monoisotopic (exact) mass is 426 g/mol. The van der Waals surface area contributed by atoms with Gasteiger partial charge in [0.15, 0.2) is 5.96 Å². The van der Waals surface area contributed by atoms with E-state index in [1.807, 2.05) is 7.05 Å². The highest BCUT2D eigenvalue weighted by molar-refractivity contribution is 14.0. The van der Waals surface area contributed by atoms with Crippen molar-refractivity contribution in [1.29, 1.82) is 0 Å². The van der Waals surface area contributed by atoms with Crippen molar-refractivity contribution >= 4 is 29.9 Å². The van der Waals surface area contributed by atoms with E-state index in [1.54, 1.807) is 7.11 Å². The van der Waals surface area contributed by atoms with Gasteiger partial charge in [-0.05, 0) is 37.6 Å². The molecule has 1 atom stereocenters. The highest BCUT2D eigenvalue weighted by Crippen LogP contribution is 2.16. The topological polar surface area (TPSA) is 48.9 Å². The van der Waals surface area contributed by atoms with Crippen molar-refractivity contribution in [3.63, 3.8) is 0 Å². The van der Waals surface area contributed by atoms with Gasteiger partial charge in [0.2, 0.25) is 0 Å². The third kappa shape index (κ3) is 9.84. The fourth-order valence-electron chi connectivity index (χ4n) is 2.89. The lowest BCUT2D eigenvalue weighted by Crippen LogP contribution is -2.45. The summed E-state index contributed by atoms with van der Waals surface area (Å²) in [5.41, 5.74) is 0. The van der Waals surface area contributed by atoms with Gasteiger partial charge in [-0.3, -0.25) is 4.99 Å². The molecule has 132 valence electrons. The molecule has 0 saturated carbocycles. The second-order valence-electron chi connectivity index (χ2n) is 6.39. The van der Waals surface area contributed by atoms with E-state index in [1.165, 1.54) is 32.5 Å². The van der Waals surface area contributed by atoms with Gasteiger partial charge in [-0.25, -0.2) is 0 Å². The summed E-state index contributed by atoms with van der Waals surface area (Å²) in [7, 11) is 3.57. The van der Waals surface area contributed by atoms with Gasteiger partial charge in [-0.2, -0.15) is 0 Å². The molecule has 5 nitrogen and oxygen atoms in total. The Bertz CT molecular complexity index is 300. The Balaban J connectivity index is 0.00000441. The van der Waals surface area contributed by atoms with Crippen LogP contribution in [-0.4, -0.2) is 64.3 Å². The van der Waals surface area contributed by atoms with Gasteiger partial charge in [0.05, 0.1) is 0 Å². The molecular formula is C16H35IN4O. The first-order valence-electron chi connectivity index (χ1n) is 8.31. The molecule has 0 aromatic heterocycles. The molecule has 1 unspecified atom stereocenters. The lowest BCUT2D eigenvalue weighted by Gasteiger charge is -2.34. The number of hydrogen-bond acceptors (Lipinski definition) is 3. The van der Waals surface area contributed by atoms with Crippen LogP contribution in [0.25, 0.3) is 0 Å². The predicted molar refractivity (Wildman–Crippen MR) is 105 cm³/mol. The van der Waals surface area contributed by atoms with Crippen LogP contribution in [0.3, 0.4) is 0 Å². The zero-order valence-corrected chi connectivity index (χ0v) is 17.1. The number of nitrogens with one attached hydrogen (secondary N) is 2. The van der Waals surface area contributed by atoms with E-state index in [2.05, 4.69) is 34.4 Å². The molecule has 1 rings (SSSR count). The zero-order chi connectivity index (χ0) is 15.5. The number of hydrogen-bond donors (Lipinski definition) is 2. The Kier molecular flexibility index (Phi) is 13.3. The summed E-state index contributed by atoms with van der Waals surface area (Å²) in [6, 6.07) is 0. The number of rotatable bonds is 8. The molecule has 0 radical (unpaired) electrons. The van der Waals surface area contributed by atoms with Crippen LogP contribution >= 0.6 is 24.0 Å². The maximum absolute atomic E-state index is 5.05. The normalized spacial score (nSPS) is 19.9. The van der Waals surface area contributed by atoms with Gasteiger partial charge in [-0.15, -0.1) is 24.0 Å². The first kappa shape index (κ1) is 21.9. The van der Waals surface area contributed by atoms with E-state index in [0.29, 0.717) is 0 Å². The molecule has 1 heterocycles. The van der Waals surface area contributed by atoms with Crippen molar-refractivity contribution in [3.05, 3.63) is 0 Å². The first-order valence-corrected chi connectivity index (χ1v) is 8.31. The van der Waals surface area contributed by atoms with Crippen LogP contribution in [0.1, 0.15) is 33.1 Å². The van der Waals surface area contributed by atoms with Crippen molar-refractivity contribution in [2.45, 2.75) is 33.1 Å². The number of likely N-dealkylation sites (tertiary alicyclic amines) is 1. The smallest absolute Gasteiger partial charge is 0.190 e. The van der Waals surface area contributed by atoms with Crippen molar-refractivity contribution in [3.8, 4) is 0 Å². The molecule has 6 heteroatoms. The Hall–Kier alpha value is -0.0800. The summed E-state index contributed by atoms with van der Waals surface area (Å²) in [6.45, 7) is 11.0. The van der Waals surface area contributed by atoms with Crippen molar-refractivity contribution in [1.82, 2.24) is 15.5 Å². The van der Waals surface area contributed by atoms with Crippen LogP contribution in [0, 0.1) is 11.8 Å². The van der Waals surface area contributed by atoms with Crippen LogP contribution in [0.5, 0.6) is 0 Å². The maximum Gasteiger partial charge on any atom is 0.190 e. The summed E-state index contributed by atoms with van der Waals surface area (Å²) in [5, 5.41) is 6.79. The number of aliphatic imine (C=N–C) groups is 1. The Morgan fingerprint density at radius 3 is 2.77 bits per heavy atom. The summed E-state index contributed by atoms with van der Waals surface area (Å²) < 4.78 is 5.05. The van der Waals surface area contributed by atoms with Crippen LogP contribution < -0.4 is 10.6 Å². The molecule has 1 aliphatic rings. The molecule has 1 saturated heterocycles. The fourth-order valence-corrected chi connectivity index (χ4v) is 2.89. The summed E-state index contributed by atoms with van der Waals surface area (Å²) in [6.07, 6.45) is 3.64. The summed E-state index contributed by atoms with van der Waals surface area (Å²) in [4.78, 5) is 6.88. The molecule has 0 spiro atoms. The molecule has 0 aromatic rings. The third-order valence-corrected chi connectivity index (χ3v) is 3.83. The zero-order valence-electron chi connectivity index (χ0n) is 14.7. The number of ether oxygens (including phenoxy) is 1. The molecule has 0 aliphatic carbocycles. The molecule has 1 fully saturated rings. The van der Waals surface area contributed by atoms with Crippen molar-refractivity contribution < 1.29 is 4.74 Å². The quantitative estimate of drug-likeness (QED) is 0.270. The van der Waals surface area contributed by atoms with Gasteiger partial charge in [0, 0.05) is 46.9 Å². The summed E-state index contributed by atoms with van der Waals surface area (Å²) in [5.74, 6) is 2.40. The molecule has 2 N–H and O–H groups in total. The predicted octanol–water partition coefficient (Wildman–Crippen LogP) is 2.17. The van der Waals surface area contributed by atoms with E-state index in [0.717, 1.165) is 43.9 Å². The highest BCUT2D eigenvalue weighted by Gasteiger charge is 2.20. The number of halogens is 1. The minimum Gasteiger partial charge on any atom is -0.385 e. The Morgan fingerprint density at radius 2 is 2.14 bits per heavy atom. The van der Waals surface area contributed by atoms with E-state index in [4.69, 9.17) is 4.74 Å². The minimum absolute atomic E-state index is 0. The number of nitrogens with zero attached hydrogens (tertiary/aromatic N) is 2. The van der Waals surface area contributed by atoms with Crippen LogP contribution in [0.2, 0.25) is 0 Å². The maximum atomic E-state index is 5.05. The molecule has 0 aromatic carbocycles. The summed E-state index contributed by atoms with van der Waals surface area (Å²) >= 11 is 0. The van der Waals surface area contributed by atoms with E-state index in [-0.39, 0.29) is 24.0 Å². The van der Waals surface area contributed by atoms with Gasteiger partial charge in [0.25, 0.3) is 0 Å². The second-order valence-corrected chi connectivity index (χ2v) is 6.39. The van der Waals surface area contributed by atoms with Crippen LogP contribution in [-0.2, 0) is 4.74 Å². The molecule has 22 heavy (non-hydrogen) atoms. The standard InChI is InChI=1S/C16H34N4O.HI/c1-14(2)12-20-9-5-7-15(13-20)11-19-16(17-3)18-8-6-10-21-4;/h14-15H,5-13H2,1-4H3,(H2,17,18,19);1H. The average molecular weight is 426 g/mol. The largest absolute Gasteiger partial charge is 0.385 e. The minimum atomic E-state index is 0. The number of guanidine groups is 1. The van der Waals surface area contributed by atoms with Gasteiger partial charge in [-0.1, -0.05) is 13.8 Å². The van der Waals surface area contributed by atoms with E-state index in [9.17, 15) is 0 Å². The van der Waals surface area contributed by atoms with E-state index >= 15 is 0 Å². The van der Waals surface area contributed by atoms with Crippen LogP contribution in [0.15, 0.2) is 4.99 Å². The van der Waals surface area contributed by atoms with Gasteiger partial charge < -0.3 is 20.3 Å². The molecule has 0 amide bonds. The highest BCUT2D eigenvalue weighted by atomic mass is 127. The van der Waals surface area contributed by atoms with Crippen molar-refractivity contribution in [2.75, 3.05) is 53.5 Å². The van der Waals surface area contributed by atoms with Gasteiger partial charge in [0.1, 0.15) is 0 Å². The Labute approximate surface area is 153 Å². The molecular weight excluding hydrogens is 391 g/mol. The van der Waals surface area contributed by atoms with Gasteiger partial charge >= 0.3 is 0 Å². The van der Waals surface area contributed by atoms with E-state index < -0.39 is 0 Å². The fraction of sp³-hybridized carbons (Fsp3) is 0.938. The Morgan fingerprint density at radius 1 is 1.36 bits per heavy atom. The first-order chi connectivity index (χ1) is 10.2. The van der Waals surface area contributed by atoms with Crippen molar-refractivity contribution in [2.24, 2.45) is 16.8 Å². The number of methoxy groups -OCH3 is 1. The SMILES string of the molecule is CN=C(NCCCOC)NCC1CCCN(CC(C)C)C1.I. The number of piperidine rings is 1.